The van der Waals surface area contributed by atoms with Crippen LogP contribution in [0, 0.1) is 0 Å². The van der Waals surface area contributed by atoms with Crippen molar-refractivity contribution < 1.29 is 4.79 Å². The normalized spacial score (nSPS) is 29.7. The predicted molar refractivity (Wildman–Crippen MR) is 70.9 cm³/mol. The number of fused-ring (bicyclic) bond motifs is 3. The van der Waals surface area contributed by atoms with Crippen LogP contribution in [-0.2, 0) is 12.8 Å². The van der Waals surface area contributed by atoms with Crippen LogP contribution in [0.1, 0.15) is 41.0 Å². The van der Waals surface area contributed by atoms with Crippen molar-refractivity contribution in [3.05, 3.63) is 17.0 Å². The van der Waals surface area contributed by atoms with Crippen LogP contribution in [0.25, 0.3) is 0 Å². The molecule has 3 aliphatic rings. The van der Waals surface area contributed by atoms with Gasteiger partial charge in [-0.25, -0.2) is 0 Å². The summed E-state index contributed by atoms with van der Waals surface area (Å²) in [5, 5.41) is 8.05. The summed E-state index contributed by atoms with van der Waals surface area (Å²) in [6.45, 7) is 0.926. The van der Waals surface area contributed by atoms with Gasteiger partial charge in [-0.05, 0) is 32.1 Å². The van der Waals surface area contributed by atoms with Gasteiger partial charge in [-0.3, -0.25) is 9.89 Å². The molecule has 96 valence electrons. The maximum atomic E-state index is 12.6. The average Bonchev–Trinajstić information content (AvgIpc) is 3.12. The van der Waals surface area contributed by atoms with Crippen molar-refractivity contribution in [2.45, 2.75) is 43.4 Å². The zero-order valence-corrected chi connectivity index (χ0v) is 11.1. The molecule has 0 radical (unpaired) electrons. The number of carbonyl (C=O) groups excluding carboxylic acids is 1. The summed E-state index contributed by atoms with van der Waals surface area (Å²) in [5.74, 6) is 1.28. The molecule has 1 aromatic heterocycles. The van der Waals surface area contributed by atoms with E-state index in [0.717, 1.165) is 25.1 Å². The number of carbonyl (C=O) groups is 1. The van der Waals surface area contributed by atoms with Crippen LogP contribution >= 0.6 is 11.8 Å². The van der Waals surface area contributed by atoms with Crippen LogP contribution in [0.2, 0.25) is 0 Å². The molecule has 4 rings (SSSR count). The quantitative estimate of drug-likeness (QED) is 0.837. The summed E-state index contributed by atoms with van der Waals surface area (Å²) >= 11 is 2.02. The Morgan fingerprint density at radius 1 is 1.39 bits per heavy atom. The molecule has 1 amide bonds. The zero-order valence-electron chi connectivity index (χ0n) is 10.3. The number of rotatable bonds is 1. The van der Waals surface area contributed by atoms with Crippen LogP contribution < -0.4 is 0 Å². The highest BCUT2D eigenvalue weighted by Crippen LogP contribution is 2.38. The van der Waals surface area contributed by atoms with Crippen molar-refractivity contribution in [3.8, 4) is 0 Å². The van der Waals surface area contributed by atoms with Gasteiger partial charge in [-0.1, -0.05) is 0 Å². The lowest BCUT2D eigenvalue weighted by atomic mass is 9.95. The molecule has 2 bridgehead atoms. The van der Waals surface area contributed by atoms with Crippen LogP contribution in [0.15, 0.2) is 0 Å². The number of nitrogens with one attached hydrogen (secondary N) is 1. The van der Waals surface area contributed by atoms with E-state index < -0.39 is 0 Å². The number of aryl methyl sites for hydroxylation is 1. The van der Waals surface area contributed by atoms with E-state index in [0.29, 0.717) is 17.0 Å². The van der Waals surface area contributed by atoms with Gasteiger partial charge in [-0.2, -0.15) is 16.9 Å². The van der Waals surface area contributed by atoms with Crippen molar-refractivity contribution >= 4 is 17.7 Å². The number of likely N-dealkylation sites (tertiary alicyclic amines) is 1. The number of amides is 1. The second kappa shape index (κ2) is 4.02. The van der Waals surface area contributed by atoms with E-state index in [1.807, 2.05) is 11.8 Å². The molecular weight excluding hydrogens is 246 g/mol. The Morgan fingerprint density at radius 2 is 2.28 bits per heavy atom. The van der Waals surface area contributed by atoms with Gasteiger partial charge < -0.3 is 4.90 Å². The number of hydrogen-bond acceptors (Lipinski definition) is 3. The standard InChI is InChI=1S/C13H17N3OS/c17-13(16-6-9-5-8(16)7-18-9)12-10-3-1-2-4-11(10)14-15-12/h8-9H,1-7H2,(H,14,15). The van der Waals surface area contributed by atoms with E-state index in [2.05, 4.69) is 15.1 Å². The molecule has 1 aliphatic carbocycles. The minimum absolute atomic E-state index is 0.169. The zero-order chi connectivity index (χ0) is 12.1. The first-order chi connectivity index (χ1) is 8.83. The van der Waals surface area contributed by atoms with Crippen molar-refractivity contribution in [2.75, 3.05) is 12.3 Å². The number of hydrogen-bond donors (Lipinski definition) is 1. The third-order valence-electron chi connectivity index (χ3n) is 4.42. The second-order valence-electron chi connectivity index (χ2n) is 5.54. The number of aromatic nitrogens is 2. The van der Waals surface area contributed by atoms with Crippen LogP contribution in [0.5, 0.6) is 0 Å². The van der Waals surface area contributed by atoms with E-state index in [4.69, 9.17) is 0 Å². The minimum atomic E-state index is 0.169. The SMILES string of the molecule is O=C(c1n[nH]c2c1CCCC2)N1CC2CC1CS2. The van der Waals surface area contributed by atoms with E-state index in [9.17, 15) is 4.79 Å². The highest BCUT2D eigenvalue weighted by molar-refractivity contribution is 8.00. The highest BCUT2D eigenvalue weighted by atomic mass is 32.2. The van der Waals surface area contributed by atoms with Crippen LogP contribution in [0.3, 0.4) is 0 Å². The maximum Gasteiger partial charge on any atom is 0.274 e. The summed E-state index contributed by atoms with van der Waals surface area (Å²) in [5.41, 5.74) is 3.10. The van der Waals surface area contributed by atoms with Crippen molar-refractivity contribution in [1.82, 2.24) is 15.1 Å². The monoisotopic (exact) mass is 263 g/mol. The third-order valence-corrected chi connectivity index (χ3v) is 5.81. The van der Waals surface area contributed by atoms with Gasteiger partial charge in [0, 0.05) is 34.8 Å². The van der Waals surface area contributed by atoms with Gasteiger partial charge in [0.2, 0.25) is 0 Å². The molecule has 2 saturated heterocycles. The van der Waals surface area contributed by atoms with Gasteiger partial charge in [-0.15, -0.1) is 0 Å². The first kappa shape index (κ1) is 10.9. The number of nitrogens with zero attached hydrogens (tertiary/aromatic N) is 2. The Kier molecular flexibility index (Phi) is 2.43. The molecule has 3 heterocycles. The van der Waals surface area contributed by atoms with E-state index in [1.54, 1.807) is 0 Å². The third kappa shape index (κ3) is 1.53. The van der Waals surface area contributed by atoms with Gasteiger partial charge in [0.15, 0.2) is 5.69 Å². The fourth-order valence-electron chi connectivity index (χ4n) is 3.44. The molecule has 0 spiro atoms. The molecule has 5 heteroatoms. The van der Waals surface area contributed by atoms with E-state index >= 15 is 0 Å². The first-order valence-corrected chi connectivity index (χ1v) is 7.86. The molecule has 1 aromatic rings. The lowest BCUT2D eigenvalue weighted by Gasteiger charge is -2.26. The van der Waals surface area contributed by atoms with Crippen LogP contribution in [-0.4, -0.2) is 44.6 Å². The predicted octanol–water partition coefficient (Wildman–Crippen LogP) is 1.62. The molecule has 2 atom stereocenters. The summed E-state index contributed by atoms with van der Waals surface area (Å²) in [7, 11) is 0. The fraction of sp³-hybridized carbons (Fsp3) is 0.692. The number of thioether (sulfide) groups is 1. The molecule has 2 fully saturated rings. The first-order valence-electron chi connectivity index (χ1n) is 6.81. The Hall–Kier alpha value is -0.970. The Balaban J connectivity index is 1.63. The Bertz CT molecular complexity index is 498. The lowest BCUT2D eigenvalue weighted by Crippen LogP contribution is -2.39. The van der Waals surface area contributed by atoms with Gasteiger partial charge in [0.25, 0.3) is 5.91 Å². The van der Waals surface area contributed by atoms with Crippen molar-refractivity contribution in [1.29, 1.82) is 0 Å². The molecule has 0 aromatic carbocycles. The molecule has 0 saturated carbocycles. The summed E-state index contributed by atoms with van der Waals surface area (Å²) in [4.78, 5) is 14.7. The molecule has 1 N–H and O–H groups in total. The van der Waals surface area contributed by atoms with E-state index in [1.165, 1.54) is 30.5 Å². The Morgan fingerprint density at radius 3 is 3.06 bits per heavy atom. The second-order valence-corrected chi connectivity index (χ2v) is 6.87. The van der Waals surface area contributed by atoms with E-state index in [-0.39, 0.29) is 5.91 Å². The fourth-order valence-corrected chi connectivity index (χ4v) is 4.88. The van der Waals surface area contributed by atoms with Gasteiger partial charge in [0.05, 0.1) is 0 Å². The molecule has 18 heavy (non-hydrogen) atoms. The van der Waals surface area contributed by atoms with Crippen LogP contribution in [0.4, 0.5) is 0 Å². The smallest absolute Gasteiger partial charge is 0.274 e. The van der Waals surface area contributed by atoms with Gasteiger partial charge >= 0.3 is 0 Å². The molecular formula is C13H17N3OS. The van der Waals surface area contributed by atoms with Crippen molar-refractivity contribution in [2.24, 2.45) is 0 Å². The number of H-pyrrole nitrogens is 1. The van der Waals surface area contributed by atoms with Gasteiger partial charge in [0.1, 0.15) is 0 Å². The topological polar surface area (TPSA) is 49.0 Å². The molecule has 4 nitrogen and oxygen atoms in total. The maximum absolute atomic E-state index is 12.6. The average molecular weight is 263 g/mol. The largest absolute Gasteiger partial charge is 0.332 e. The molecule has 2 unspecified atom stereocenters. The highest BCUT2D eigenvalue weighted by Gasteiger charge is 2.42. The summed E-state index contributed by atoms with van der Waals surface area (Å²) < 4.78 is 0. The van der Waals surface area contributed by atoms with Crippen molar-refractivity contribution in [3.63, 3.8) is 0 Å². The Labute approximate surface area is 111 Å². The number of aromatic amines is 1. The minimum Gasteiger partial charge on any atom is -0.332 e. The summed E-state index contributed by atoms with van der Waals surface area (Å²) in [6.07, 6.45) is 5.66. The lowest BCUT2D eigenvalue weighted by molar-refractivity contribution is 0.0740. The molecule has 2 aliphatic heterocycles. The summed E-state index contributed by atoms with van der Waals surface area (Å²) in [6, 6.07) is 0.462.